The molecule has 2 rings (SSSR count). The number of aliphatic hydroxyl groups is 1. The van der Waals surface area contributed by atoms with Gasteiger partial charge in [-0.25, -0.2) is 4.79 Å². The molecule has 0 saturated carbocycles. The number of esters is 1. The largest absolute Gasteiger partial charge is 0.464 e. The second kappa shape index (κ2) is 6.74. The van der Waals surface area contributed by atoms with Crippen LogP contribution in [0.2, 0.25) is 0 Å². The zero-order valence-corrected chi connectivity index (χ0v) is 11.3. The van der Waals surface area contributed by atoms with Crippen molar-refractivity contribution >= 4 is 16.7 Å². The fourth-order valence-electron chi connectivity index (χ4n) is 1.84. The average Bonchev–Trinajstić information content (AvgIpc) is 2.47. The lowest BCUT2D eigenvalue weighted by molar-refractivity contribution is -0.152. The van der Waals surface area contributed by atoms with Crippen LogP contribution in [0, 0.1) is 11.8 Å². The Balaban J connectivity index is 2.05. The number of carbonyl (C=O) groups is 1. The number of carbonyl (C=O) groups excluding carboxylic acids is 1. The van der Waals surface area contributed by atoms with Gasteiger partial charge in [-0.15, -0.1) is 0 Å². The zero-order chi connectivity index (χ0) is 14.4. The van der Waals surface area contributed by atoms with Crippen LogP contribution in [0.5, 0.6) is 0 Å². The van der Waals surface area contributed by atoms with E-state index in [0.29, 0.717) is 0 Å². The van der Waals surface area contributed by atoms with E-state index in [1.165, 1.54) is 0 Å². The summed E-state index contributed by atoms with van der Waals surface area (Å²) in [7, 11) is 0. The van der Waals surface area contributed by atoms with E-state index in [1.807, 2.05) is 42.5 Å². The molecule has 3 nitrogen and oxygen atoms in total. The molecule has 0 heterocycles. The van der Waals surface area contributed by atoms with Crippen molar-refractivity contribution in [1.29, 1.82) is 0 Å². The van der Waals surface area contributed by atoms with Gasteiger partial charge in [-0.1, -0.05) is 42.2 Å². The molecule has 1 unspecified atom stereocenters. The second-order valence-corrected chi connectivity index (χ2v) is 4.34. The predicted molar refractivity (Wildman–Crippen MR) is 78.1 cm³/mol. The van der Waals surface area contributed by atoms with Crippen molar-refractivity contribution in [3.8, 4) is 11.8 Å². The summed E-state index contributed by atoms with van der Waals surface area (Å²) in [6.07, 6.45) is -1.10. The van der Waals surface area contributed by atoms with Crippen LogP contribution >= 0.6 is 0 Å². The maximum atomic E-state index is 11.2. The molecule has 20 heavy (non-hydrogen) atoms. The zero-order valence-electron chi connectivity index (χ0n) is 11.3. The third kappa shape index (κ3) is 3.59. The van der Waals surface area contributed by atoms with Crippen molar-refractivity contribution in [3.63, 3.8) is 0 Å². The van der Waals surface area contributed by atoms with Crippen molar-refractivity contribution in [2.75, 3.05) is 6.61 Å². The molecule has 102 valence electrons. The minimum absolute atomic E-state index is 0.0751. The Hall–Kier alpha value is -2.31. The van der Waals surface area contributed by atoms with Crippen LogP contribution in [0.4, 0.5) is 0 Å². The Morgan fingerprint density at radius 2 is 2.00 bits per heavy atom. The van der Waals surface area contributed by atoms with E-state index in [4.69, 9.17) is 4.74 Å². The molecule has 0 aromatic heterocycles. The van der Waals surface area contributed by atoms with Gasteiger partial charge in [0.25, 0.3) is 0 Å². The molecule has 3 heteroatoms. The van der Waals surface area contributed by atoms with Crippen LogP contribution in [-0.2, 0) is 9.53 Å². The van der Waals surface area contributed by atoms with Gasteiger partial charge in [0.1, 0.15) is 0 Å². The number of benzene rings is 2. The summed E-state index contributed by atoms with van der Waals surface area (Å²) in [6.45, 7) is 1.96. The lowest BCUT2D eigenvalue weighted by atomic mass is 10.1. The minimum Gasteiger partial charge on any atom is -0.464 e. The first kappa shape index (κ1) is 14.1. The van der Waals surface area contributed by atoms with Crippen LogP contribution in [-0.4, -0.2) is 23.8 Å². The average molecular weight is 268 g/mol. The topological polar surface area (TPSA) is 46.5 Å². The molecule has 2 aromatic rings. The van der Waals surface area contributed by atoms with Gasteiger partial charge in [-0.2, -0.15) is 0 Å². The first-order chi connectivity index (χ1) is 9.70. The first-order valence-electron chi connectivity index (χ1n) is 6.53. The van der Waals surface area contributed by atoms with Gasteiger partial charge in [0.05, 0.1) is 6.61 Å². The summed E-state index contributed by atoms with van der Waals surface area (Å²) >= 11 is 0. The van der Waals surface area contributed by atoms with E-state index in [1.54, 1.807) is 6.92 Å². The van der Waals surface area contributed by atoms with Crippen molar-refractivity contribution in [2.45, 2.75) is 19.4 Å². The molecule has 1 N–H and O–H groups in total. The molecule has 0 saturated heterocycles. The van der Waals surface area contributed by atoms with Crippen LogP contribution in [0.25, 0.3) is 10.8 Å². The van der Waals surface area contributed by atoms with Gasteiger partial charge < -0.3 is 9.84 Å². The number of aliphatic hydroxyl groups excluding tert-OH is 1. The van der Waals surface area contributed by atoms with Crippen LogP contribution < -0.4 is 0 Å². The maximum Gasteiger partial charge on any atom is 0.335 e. The molecule has 0 bridgehead atoms. The molecular weight excluding hydrogens is 252 g/mol. The molecule has 1 atom stereocenters. The molecule has 0 fully saturated rings. The van der Waals surface area contributed by atoms with E-state index in [2.05, 4.69) is 11.8 Å². The summed E-state index contributed by atoms with van der Waals surface area (Å²) in [5.74, 6) is 5.13. The summed E-state index contributed by atoms with van der Waals surface area (Å²) in [5.41, 5.74) is 0.861. The maximum absolute atomic E-state index is 11.2. The molecule has 0 aliphatic heterocycles. The van der Waals surface area contributed by atoms with Crippen molar-refractivity contribution in [3.05, 3.63) is 48.0 Å². The first-order valence-corrected chi connectivity index (χ1v) is 6.53. The lowest BCUT2D eigenvalue weighted by Crippen LogP contribution is -2.22. The molecule has 0 radical (unpaired) electrons. The number of hydrogen-bond acceptors (Lipinski definition) is 3. The Morgan fingerprint density at radius 3 is 2.75 bits per heavy atom. The number of ether oxygens (including phenoxy) is 1. The second-order valence-electron chi connectivity index (χ2n) is 4.34. The van der Waals surface area contributed by atoms with Gasteiger partial charge in [-0.05, 0) is 29.8 Å². The van der Waals surface area contributed by atoms with Crippen molar-refractivity contribution < 1.29 is 14.6 Å². The molecule has 0 amide bonds. The van der Waals surface area contributed by atoms with Gasteiger partial charge >= 0.3 is 5.97 Å². The van der Waals surface area contributed by atoms with Crippen LogP contribution in [0.3, 0.4) is 0 Å². The minimum atomic E-state index is -1.18. The third-order valence-electron chi connectivity index (χ3n) is 2.84. The smallest absolute Gasteiger partial charge is 0.335 e. The summed E-state index contributed by atoms with van der Waals surface area (Å²) in [6, 6.07) is 13.9. The molecule has 0 aliphatic carbocycles. The quantitative estimate of drug-likeness (QED) is 0.687. The van der Waals surface area contributed by atoms with Crippen LogP contribution in [0.15, 0.2) is 42.5 Å². The summed E-state index contributed by atoms with van der Waals surface area (Å²) < 4.78 is 4.71. The van der Waals surface area contributed by atoms with Crippen molar-refractivity contribution in [2.24, 2.45) is 0 Å². The molecule has 0 aliphatic rings. The van der Waals surface area contributed by atoms with E-state index in [9.17, 15) is 9.90 Å². The Kier molecular flexibility index (Phi) is 4.75. The summed E-state index contributed by atoms with van der Waals surface area (Å²) in [5, 5.41) is 11.8. The highest BCUT2D eigenvalue weighted by Gasteiger charge is 2.13. The van der Waals surface area contributed by atoms with E-state index in [0.717, 1.165) is 16.3 Å². The fourth-order valence-corrected chi connectivity index (χ4v) is 1.84. The highest BCUT2D eigenvalue weighted by molar-refractivity contribution is 5.83. The number of rotatable bonds is 3. The van der Waals surface area contributed by atoms with Gasteiger partial charge in [-0.3, -0.25) is 0 Å². The van der Waals surface area contributed by atoms with Crippen LogP contribution in [0.1, 0.15) is 18.9 Å². The predicted octanol–water partition coefficient (Wildman–Crippen LogP) is 2.51. The number of hydrogen-bond donors (Lipinski definition) is 1. The van der Waals surface area contributed by atoms with Gasteiger partial charge in [0, 0.05) is 12.0 Å². The Labute approximate surface area is 118 Å². The fraction of sp³-hybridized carbons (Fsp3) is 0.235. The van der Waals surface area contributed by atoms with E-state index in [-0.39, 0.29) is 13.0 Å². The number of fused-ring (bicyclic) bond motifs is 1. The normalized spacial score (nSPS) is 11.5. The molecular formula is C17H16O3. The third-order valence-corrected chi connectivity index (χ3v) is 2.84. The standard InChI is InChI=1S/C17H16O3/c1-2-20-17(19)16(18)9-5-6-13-10-11-14-7-3-4-8-15(14)12-13/h3-4,7-8,10-12,16,18H,2,9H2,1H3. The molecule has 2 aromatic carbocycles. The molecule has 0 spiro atoms. The van der Waals surface area contributed by atoms with Gasteiger partial charge in [0.15, 0.2) is 6.10 Å². The van der Waals surface area contributed by atoms with E-state index < -0.39 is 12.1 Å². The summed E-state index contributed by atoms with van der Waals surface area (Å²) in [4.78, 5) is 11.2. The van der Waals surface area contributed by atoms with Crippen molar-refractivity contribution in [1.82, 2.24) is 0 Å². The van der Waals surface area contributed by atoms with Gasteiger partial charge in [0.2, 0.25) is 0 Å². The lowest BCUT2D eigenvalue weighted by Gasteiger charge is -2.05. The highest BCUT2D eigenvalue weighted by atomic mass is 16.5. The Morgan fingerprint density at radius 1 is 1.25 bits per heavy atom. The monoisotopic (exact) mass is 268 g/mol. The van der Waals surface area contributed by atoms with E-state index >= 15 is 0 Å². The SMILES string of the molecule is CCOC(=O)C(O)CC#Cc1ccc2ccccc2c1. The Bertz CT molecular complexity index is 664. The highest BCUT2D eigenvalue weighted by Crippen LogP contribution is 2.14.